The number of hydrogen-bond acceptors (Lipinski definition) is 8. The van der Waals surface area contributed by atoms with Gasteiger partial charge in [0.05, 0.1) is 18.8 Å². The zero-order valence-electron chi connectivity index (χ0n) is 14.8. The van der Waals surface area contributed by atoms with Crippen LogP contribution in [0.3, 0.4) is 0 Å². The van der Waals surface area contributed by atoms with Crippen LogP contribution in [0, 0.1) is 17.8 Å². The summed E-state index contributed by atoms with van der Waals surface area (Å²) in [7, 11) is -4.11. The molecule has 0 radical (unpaired) electrons. The lowest BCUT2D eigenvalue weighted by Crippen LogP contribution is -2.36. The fourth-order valence-corrected chi connectivity index (χ4v) is 3.33. The topological polar surface area (TPSA) is 148 Å². The fourth-order valence-electron chi connectivity index (χ4n) is 2.97. The number of aromatic nitrogens is 2. The molecule has 10 heteroatoms. The summed E-state index contributed by atoms with van der Waals surface area (Å²) in [6, 6.07) is 10.5. The van der Waals surface area contributed by atoms with Crippen molar-refractivity contribution >= 4 is 16.1 Å². The number of anilines is 1. The molecule has 0 bridgehead atoms. The van der Waals surface area contributed by atoms with Crippen molar-refractivity contribution in [2.24, 2.45) is 11.1 Å². The molecule has 1 aromatic heterocycles. The Kier molecular flexibility index (Phi) is 7.66. The van der Waals surface area contributed by atoms with Crippen LogP contribution in [0.25, 0.3) is 0 Å². The molecule has 0 saturated heterocycles. The van der Waals surface area contributed by atoms with Gasteiger partial charge in [0.2, 0.25) is 0 Å². The lowest BCUT2D eigenvalue weighted by molar-refractivity contribution is 0.00778. The van der Waals surface area contributed by atoms with Gasteiger partial charge >= 0.3 is 10.3 Å². The predicted molar refractivity (Wildman–Crippen MR) is 108 cm³/mol. The molecule has 4 atom stereocenters. The molecule has 0 unspecified atom stereocenters. The lowest BCUT2D eigenvalue weighted by Gasteiger charge is -2.18. The zero-order valence-corrected chi connectivity index (χ0v) is 15.6. The summed E-state index contributed by atoms with van der Waals surface area (Å²) >= 11 is 0. The number of aliphatic hydroxyl groups excluding tert-OH is 2. The van der Waals surface area contributed by atoms with Crippen LogP contribution in [0.15, 0.2) is 42.7 Å². The van der Waals surface area contributed by atoms with Gasteiger partial charge in [-0.1, -0.05) is 31.5 Å². The maximum absolute atomic E-state index is 10.9. The van der Waals surface area contributed by atoms with Gasteiger partial charge in [0.25, 0.3) is 0 Å². The average molecular weight is 420 g/mol. The Hall–Kier alpha value is -2.55. The first kappa shape index (κ1) is 22.7. The molecule has 1 aliphatic carbocycles. The number of nitrogens with two attached hydrogens (primary N) is 1. The van der Waals surface area contributed by atoms with E-state index >= 15 is 0 Å². The summed E-state index contributed by atoms with van der Waals surface area (Å²) in [5.74, 6) is 5.77. The van der Waals surface area contributed by atoms with Gasteiger partial charge in [-0.05, 0) is 24.5 Å². The van der Waals surface area contributed by atoms with E-state index in [0.29, 0.717) is 11.5 Å². The van der Waals surface area contributed by atoms with Crippen LogP contribution < -0.4 is 10.5 Å². The van der Waals surface area contributed by atoms with E-state index in [0.717, 1.165) is 5.56 Å². The normalized spacial score (nSPS) is 23.6. The maximum Gasteiger partial charge on any atom is 0.333 e. The van der Waals surface area contributed by atoms with Crippen molar-refractivity contribution in [1.29, 1.82) is 0 Å². The highest BCUT2D eigenvalue weighted by Gasteiger charge is 2.42. The van der Waals surface area contributed by atoms with Crippen LogP contribution in [0.4, 0.5) is 5.82 Å². The highest BCUT2D eigenvalue weighted by Crippen LogP contribution is 2.29. The molecule has 1 aromatic carbocycles. The first-order valence-electron chi connectivity index (χ1n) is 8.51. The summed E-state index contributed by atoms with van der Waals surface area (Å²) in [4.78, 5) is 8.20. The molecule has 0 aliphatic heterocycles. The quantitative estimate of drug-likeness (QED) is 0.503. The van der Waals surface area contributed by atoms with Crippen LogP contribution >= 0.6 is 0 Å². The summed E-state index contributed by atoms with van der Waals surface area (Å²) < 4.78 is 26.4. The first-order chi connectivity index (χ1) is 13.3. The molecule has 1 saturated carbocycles. The van der Waals surface area contributed by atoms with Crippen LogP contribution in [0.2, 0.25) is 0 Å². The molecule has 156 valence electrons. The fraction of sp³-hybridized carbons (Fsp3) is 0.368. The molecule has 0 amide bonds. The molecule has 1 aliphatic rings. The number of nitrogens with one attached hydrogen (secondary N) is 1. The Morgan fingerprint density at radius 1 is 1.17 bits per heavy atom. The number of benzene rings is 1. The molecule has 5 N–H and O–H groups in total. The second kappa shape index (κ2) is 9.78. The van der Waals surface area contributed by atoms with Gasteiger partial charge in [-0.2, -0.15) is 8.42 Å². The molecule has 3 rings (SSSR count). The number of hydrogen-bond donors (Lipinski definition) is 4. The minimum Gasteiger partial charge on any atom is -0.390 e. The van der Waals surface area contributed by atoms with E-state index in [1.165, 1.54) is 6.33 Å². The van der Waals surface area contributed by atoms with Crippen molar-refractivity contribution in [3.8, 4) is 11.8 Å². The third-order valence-corrected chi connectivity index (χ3v) is 4.82. The van der Waals surface area contributed by atoms with E-state index in [4.69, 9.17) is 5.14 Å². The largest absolute Gasteiger partial charge is 0.390 e. The number of rotatable bonds is 5. The standard InChI is InChI=1S/C18H20N4O5S.CH4/c19-28(25,26)27-10-13-8-15(18(24)17(13)23)22-16-9-14(20-11-21-16)7-6-12-4-2-1-3-5-12;/h1-5,9,11,13,15,17-18,23-24H,8,10H2,(H2,19,25,26)(H,20,21,22);1H4/t13-,15-,17-,18+;/m1./s1. The van der Waals surface area contributed by atoms with E-state index in [9.17, 15) is 18.6 Å². The number of nitrogens with zero attached hydrogens (tertiary/aromatic N) is 2. The van der Waals surface area contributed by atoms with E-state index < -0.39 is 34.5 Å². The third kappa shape index (κ3) is 6.49. The zero-order chi connectivity index (χ0) is 20.1. The van der Waals surface area contributed by atoms with Gasteiger partial charge in [0, 0.05) is 17.5 Å². The minimum atomic E-state index is -4.11. The summed E-state index contributed by atoms with van der Waals surface area (Å²) in [5, 5.41) is 28.1. The Labute approximate surface area is 170 Å². The number of aliphatic hydroxyl groups is 2. The molecular weight excluding hydrogens is 396 g/mol. The predicted octanol–water partition coefficient (Wildman–Crippen LogP) is 0.255. The van der Waals surface area contributed by atoms with E-state index in [1.54, 1.807) is 6.07 Å². The van der Waals surface area contributed by atoms with Crippen LogP contribution in [0.5, 0.6) is 0 Å². The van der Waals surface area contributed by atoms with E-state index in [1.807, 2.05) is 30.3 Å². The molecule has 2 aromatic rings. The van der Waals surface area contributed by atoms with Crippen LogP contribution in [-0.4, -0.2) is 53.5 Å². The lowest BCUT2D eigenvalue weighted by atomic mass is 10.1. The van der Waals surface area contributed by atoms with Crippen molar-refractivity contribution in [2.75, 3.05) is 11.9 Å². The average Bonchev–Trinajstić information content (AvgIpc) is 2.93. The van der Waals surface area contributed by atoms with Gasteiger partial charge in [0.15, 0.2) is 0 Å². The van der Waals surface area contributed by atoms with Crippen molar-refractivity contribution < 1.29 is 22.8 Å². The Morgan fingerprint density at radius 2 is 1.90 bits per heavy atom. The monoisotopic (exact) mass is 420 g/mol. The van der Waals surface area contributed by atoms with Crippen molar-refractivity contribution in [3.05, 3.63) is 54.0 Å². The third-order valence-electron chi connectivity index (χ3n) is 4.36. The van der Waals surface area contributed by atoms with Gasteiger partial charge in [-0.15, -0.1) is 0 Å². The summed E-state index contributed by atoms with van der Waals surface area (Å²) in [5.41, 5.74) is 1.34. The Balaban J connectivity index is 0.00000300. The van der Waals surface area contributed by atoms with Crippen molar-refractivity contribution in [1.82, 2.24) is 9.97 Å². The van der Waals surface area contributed by atoms with Crippen LogP contribution in [-0.2, 0) is 14.5 Å². The molecule has 29 heavy (non-hydrogen) atoms. The second-order valence-corrected chi connectivity index (χ2v) is 7.63. The highest BCUT2D eigenvalue weighted by molar-refractivity contribution is 7.84. The molecule has 1 fully saturated rings. The molecular formula is C19H24N4O5S. The van der Waals surface area contributed by atoms with Gasteiger partial charge in [-0.3, -0.25) is 4.18 Å². The first-order valence-corrected chi connectivity index (χ1v) is 9.98. The van der Waals surface area contributed by atoms with E-state index in [-0.39, 0.29) is 20.5 Å². The maximum atomic E-state index is 10.9. The van der Waals surface area contributed by atoms with Gasteiger partial charge in [-0.25, -0.2) is 15.1 Å². The highest BCUT2D eigenvalue weighted by atomic mass is 32.2. The summed E-state index contributed by atoms with van der Waals surface area (Å²) in [6.07, 6.45) is -0.662. The Morgan fingerprint density at radius 3 is 2.59 bits per heavy atom. The SMILES string of the molecule is C.NS(=O)(=O)OC[C@H]1C[C@@H](Nc2cc(C#Cc3ccccc3)ncn2)[C@H](O)[C@@H]1O. The minimum absolute atomic E-state index is 0. The Bertz CT molecular complexity index is 975. The van der Waals surface area contributed by atoms with Crippen LogP contribution in [0.1, 0.15) is 25.1 Å². The molecule has 0 spiro atoms. The van der Waals surface area contributed by atoms with E-state index in [2.05, 4.69) is 31.3 Å². The second-order valence-electron chi connectivity index (χ2n) is 6.41. The summed E-state index contributed by atoms with van der Waals surface area (Å²) in [6.45, 7) is -0.313. The molecule has 1 heterocycles. The van der Waals surface area contributed by atoms with Crippen molar-refractivity contribution in [3.63, 3.8) is 0 Å². The smallest absolute Gasteiger partial charge is 0.333 e. The van der Waals surface area contributed by atoms with Crippen molar-refractivity contribution in [2.45, 2.75) is 32.1 Å². The van der Waals surface area contributed by atoms with Gasteiger partial charge < -0.3 is 15.5 Å². The van der Waals surface area contributed by atoms with Gasteiger partial charge in [0.1, 0.15) is 23.9 Å². The molecule has 9 nitrogen and oxygen atoms in total.